The van der Waals surface area contributed by atoms with Gasteiger partial charge >= 0.3 is 12.1 Å². The van der Waals surface area contributed by atoms with Crippen molar-refractivity contribution in [2.75, 3.05) is 30.7 Å². The third kappa shape index (κ3) is 9.11. The van der Waals surface area contributed by atoms with Crippen LogP contribution in [0.5, 0.6) is 0 Å². The minimum Gasteiger partial charge on any atom is -0.337 e. The second-order valence-electron chi connectivity index (χ2n) is 12.4. The molecular weight excluding hydrogens is 749 g/mol. The van der Waals surface area contributed by atoms with Gasteiger partial charge in [0, 0.05) is 22.5 Å². The molecule has 55 heavy (non-hydrogen) atoms. The van der Waals surface area contributed by atoms with Gasteiger partial charge in [0.05, 0.1) is 22.8 Å². The highest BCUT2D eigenvalue weighted by molar-refractivity contribution is 7.93. The smallest absolute Gasteiger partial charge is 0.323 e. The highest BCUT2D eigenvalue weighted by atomic mass is 32.2. The van der Waals surface area contributed by atoms with Gasteiger partial charge in [0.25, 0.3) is 20.0 Å². The van der Waals surface area contributed by atoms with E-state index in [-0.39, 0.29) is 32.9 Å². The van der Waals surface area contributed by atoms with E-state index in [1.807, 2.05) is 24.3 Å². The number of nitrogens with zero attached hydrogens (tertiary/aromatic N) is 2. The molecule has 0 fully saturated rings. The van der Waals surface area contributed by atoms with Crippen molar-refractivity contribution >= 4 is 66.6 Å². The maximum Gasteiger partial charge on any atom is 0.323 e. The second-order valence-corrected chi connectivity index (χ2v) is 15.7. The van der Waals surface area contributed by atoms with Crippen molar-refractivity contribution < 1.29 is 35.5 Å². The summed E-state index contributed by atoms with van der Waals surface area (Å²) in [7, 11) is -8.24. The Bertz CT molecular complexity index is 2410. The van der Waals surface area contributed by atoms with Crippen LogP contribution in [0.15, 0.2) is 116 Å². The Morgan fingerprint density at radius 2 is 0.891 bits per heavy atom. The number of amides is 4. The van der Waals surface area contributed by atoms with Gasteiger partial charge < -0.3 is 30.3 Å². The fourth-order valence-electron chi connectivity index (χ4n) is 5.20. The Morgan fingerprint density at radius 3 is 1.24 bits per heavy atom. The molecule has 2 aromatic heterocycles. The lowest BCUT2D eigenvalue weighted by molar-refractivity contribution is 0.261. The van der Waals surface area contributed by atoms with Crippen molar-refractivity contribution in [2.24, 2.45) is 0 Å². The number of carbonyl (C=O) groups is 2. The van der Waals surface area contributed by atoms with E-state index in [0.717, 1.165) is 11.1 Å². The number of hydrogen-bond donors (Lipinski definition) is 6. The number of nitrogens with one attached hydrogen (secondary N) is 6. The maximum atomic E-state index is 13.1. The van der Waals surface area contributed by atoms with Gasteiger partial charge in [-0.1, -0.05) is 58.8 Å². The number of sulfonamides is 2. The molecule has 0 aliphatic rings. The van der Waals surface area contributed by atoms with Crippen LogP contribution in [-0.4, -0.2) is 39.2 Å². The van der Waals surface area contributed by atoms with E-state index in [2.05, 4.69) is 41.0 Å². The van der Waals surface area contributed by atoms with E-state index in [1.54, 1.807) is 64.1 Å². The van der Waals surface area contributed by atoms with E-state index < -0.39 is 32.1 Å². The minimum atomic E-state index is -4.12. The number of urea groups is 2. The van der Waals surface area contributed by atoms with Crippen LogP contribution in [-0.2, 0) is 26.5 Å². The molecule has 2 heterocycles. The topological polar surface area (TPSA) is 227 Å². The molecule has 6 N–H and O–H groups in total. The van der Waals surface area contributed by atoms with E-state index in [9.17, 15) is 26.4 Å². The second kappa shape index (κ2) is 15.7. The summed E-state index contributed by atoms with van der Waals surface area (Å²) in [6, 6.07) is 24.9. The number of benzene rings is 4. The third-order valence-electron chi connectivity index (χ3n) is 8.45. The Hall–Kier alpha value is -6.66. The van der Waals surface area contributed by atoms with Gasteiger partial charge in [0.2, 0.25) is 11.8 Å². The summed E-state index contributed by atoms with van der Waals surface area (Å²) in [5, 5.41) is 18.1. The largest absolute Gasteiger partial charge is 0.337 e. The number of hydrogen-bond acceptors (Lipinski definition) is 10. The van der Waals surface area contributed by atoms with Crippen LogP contribution in [0.25, 0.3) is 0 Å². The standard InChI is InChI=1S/C37H36N8O8S2/c1-22-24(3)42-52-34(22)44-54(48,49)32-11-7-5-9-30(32)40-36(46)38-28-17-13-26(14-18-28)21-27-15-19-29(20-16-27)39-37(47)41-31-10-6-8-12-33(31)55(50,51)45-35-23(2)25(4)43-53-35/h5-20,44-45H,21H2,1-4H3,(H2,38,40,46)(H2,39,41,47). The summed E-state index contributed by atoms with van der Waals surface area (Å²) >= 11 is 0. The molecule has 0 bridgehead atoms. The normalized spacial score (nSPS) is 11.4. The zero-order chi connectivity index (χ0) is 39.3. The fourth-order valence-corrected chi connectivity index (χ4v) is 7.62. The maximum absolute atomic E-state index is 13.1. The molecule has 0 aliphatic carbocycles. The van der Waals surface area contributed by atoms with Crippen molar-refractivity contribution in [3.8, 4) is 0 Å². The lowest BCUT2D eigenvalue weighted by atomic mass is 10.0. The fraction of sp³-hybridized carbons (Fsp3) is 0.135. The Morgan fingerprint density at radius 1 is 0.527 bits per heavy atom. The number of para-hydroxylation sites is 2. The molecular formula is C37H36N8O8S2. The van der Waals surface area contributed by atoms with Crippen molar-refractivity contribution in [1.82, 2.24) is 10.3 Å². The molecule has 4 aromatic carbocycles. The van der Waals surface area contributed by atoms with Gasteiger partial charge in [-0.05, 0) is 93.8 Å². The first-order valence-electron chi connectivity index (χ1n) is 16.6. The summed E-state index contributed by atoms with van der Waals surface area (Å²) in [5.41, 5.74) is 5.14. The van der Waals surface area contributed by atoms with Crippen LogP contribution in [0.4, 0.5) is 44.1 Å². The van der Waals surface area contributed by atoms with Crippen LogP contribution in [0.1, 0.15) is 33.6 Å². The number of carbonyl (C=O) groups excluding carboxylic acids is 2. The summed E-state index contributed by atoms with van der Waals surface area (Å²) in [5.74, 6) is -0.0175. The summed E-state index contributed by atoms with van der Waals surface area (Å²) in [6.45, 7) is 6.73. The molecule has 0 atom stereocenters. The van der Waals surface area contributed by atoms with Crippen LogP contribution >= 0.6 is 0 Å². The van der Waals surface area contributed by atoms with Gasteiger partial charge in [0.1, 0.15) is 9.79 Å². The molecule has 0 spiro atoms. The minimum absolute atomic E-state index is 0.00875. The predicted molar refractivity (Wildman–Crippen MR) is 207 cm³/mol. The molecule has 0 saturated carbocycles. The van der Waals surface area contributed by atoms with Crippen molar-refractivity contribution in [3.63, 3.8) is 0 Å². The van der Waals surface area contributed by atoms with Crippen LogP contribution < -0.4 is 30.7 Å². The number of anilines is 6. The van der Waals surface area contributed by atoms with Gasteiger partial charge in [-0.3, -0.25) is 0 Å². The Kier molecular flexibility index (Phi) is 10.9. The number of rotatable bonds is 12. The summed E-state index contributed by atoms with van der Waals surface area (Å²) in [6.07, 6.45) is 0.545. The summed E-state index contributed by atoms with van der Waals surface area (Å²) < 4.78 is 67.4. The average molecular weight is 785 g/mol. The van der Waals surface area contributed by atoms with Gasteiger partial charge in [-0.25, -0.2) is 35.9 Å². The molecule has 0 radical (unpaired) electrons. The van der Waals surface area contributed by atoms with Crippen molar-refractivity contribution in [1.29, 1.82) is 0 Å². The predicted octanol–water partition coefficient (Wildman–Crippen LogP) is 7.38. The van der Waals surface area contributed by atoms with Crippen LogP contribution in [0.3, 0.4) is 0 Å². The molecule has 0 aliphatic heterocycles. The highest BCUT2D eigenvalue weighted by Gasteiger charge is 2.24. The molecule has 0 unspecified atom stereocenters. The molecule has 6 rings (SSSR count). The zero-order valence-electron chi connectivity index (χ0n) is 29.9. The quantitative estimate of drug-likeness (QED) is 0.0722. The molecule has 18 heteroatoms. The zero-order valence-corrected chi connectivity index (χ0v) is 31.6. The number of aromatic nitrogens is 2. The van der Waals surface area contributed by atoms with Crippen LogP contribution in [0.2, 0.25) is 0 Å². The first-order chi connectivity index (χ1) is 26.2. The molecule has 16 nitrogen and oxygen atoms in total. The lowest BCUT2D eigenvalue weighted by Crippen LogP contribution is -2.22. The van der Waals surface area contributed by atoms with Crippen molar-refractivity contribution in [3.05, 3.63) is 131 Å². The molecule has 6 aromatic rings. The highest BCUT2D eigenvalue weighted by Crippen LogP contribution is 2.28. The van der Waals surface area contributed by atoms with E-state index >= 15 is 0 Å². The molecule has 4 amide bonds. The van der Waals surface area contributed by atoms with E-state index in [1.165, 1.54) is 36.4 Å². The SMILES string of the molecule is Cc1noc(NS(=O)(=O)c2ccccc2NC(=O)Nc2ccc(Cc3ccc(NC(=O)Nc4ccccc4S(=O)(=O)Nc4onc(C)c4C)cc3)cc2)c1C. The number of aryl methyl sites for hydroxylation is 2. The van der Waals surface area contributed by atoms with Gasteiger partial charge in [0.15, 0.2) is 0 Å². The lowest BCUT2D eigenvalue weighted by Gasteiger charge is -2.13. The van der Waals surface area contributed by atoms with Crippen LogP contribution in [0, 0.1) is 27.7 Å². The molecule has 284 valence electrons. The first kappa shape index (κ1) is 38.1. The average Bonchev–Trinajstić information content (AvgIpc) is 3.63. The van der Waals surface area contributed by atoms with Gasteiger partial charge in [-0.2, -0.15) is 0 Å². The third-order valence-corrected chi connectivity index (χ3v) is 11.2. The summed E-state index contributed by atoms with van der Waals surface area (Å²) in [4.78, 5) is 25.4. The Balaban J connectivity index is 1.02. The molecule has 0 saturated heterocycles. The monoisotopic (exact) mass is 784 g/mol. The van der Waals surface area contributed by atoms with Gasteiger partial charge in [-0.15, -0.1) is 0 Å². The Labute approximate surface area is 316 Å². The van der Waals surface area contributed by atoms with E-state index in [0.29, 0.717) is 40.3 Å². The van der Waals surface area contributed by atoms with Crippen molar-refractivity contribution in [2.45, 2.75) is 43.9 Å². The first-order valence-corrected chi connectivity index (χ1v) is 19.6. The van der Waals surface area contributed by atoms with E-state index in [4.69, 9.17) is 9.05 Å².